The van der Waals surface area contributed by atoms with Crippen LogP contribution in [-0.2, 0) is 6.54 Å². The van der Waals surface area contributed by atoms with Gasteiger partial charge in [-0.1, -0.05) is 23.7 Å². The number of nitrogens with zero attached hydrogens (tertiary/aromatic N) is 1. The maximum atomic E-state index is 5.96. The minimum Gasteiger partial charge on any atom is -0.365 e. The van der Waals surface area contributed by atoms with E-state index in [1.54, 1.807) is 11.3 Å². The predicted molar refractivity (Wildman–Crippen MR) is 78.4 cm³/mol. The first-order valence-electron chi connectivity index (χ1n) is 5.63. The van der Waals surface area contributed by atoms with Crippen LogP contribution in [0.15, 0.2) is 48.0 Å². The van der Waals surface area contributed by atoms with E-state index in [1.807, 2.05) is 36.5 Å². The van der Waals surface area contributed by atoms with E-state index in [0.29, 0.717) is 0 Å². The molecule has 0 aliphatic heterocycles. The lowest BCUT2D eigenvalue weighted by Gasteiger charge is -2.07. The van der Waals surface area contributed by atoms with Crippen LogP contribution in [0.3, 0.4) is 0 Å². The van der Waals surface area contributed by atoms with Crippen molar-refractivity contribution in [3.05, 3.63) is 58.6 Å². The zero-order valence-electron chi connectivity index (χ0n) is 9.56. The van der Waals surface area contributed by atoms with Gasteiger partial charge in [0.2, 0.25) is 0 Å². The fraction of sp³-hybridized carbons (Fsp3) is 0.0714. The summed E-state index contributed by atoms with van der Waals surface area (Å²) in [5, 5.41) is 7.37. The first kappa shape index (κ1) is 11.5. The van der Waals surface area contributed by atoms with Crippen molar-refractivity contribution >= 4 is 38.8 Å². The Morgan fingerprint density at radius 3 is 3.06 bits per heavy atom. The average molecular weight is 275 g/mol. The third kappa shape index (κ3) is 2.33. The van der Waals surface area contributed by atoms with E-state index >= 15 is 0 Å². The summed E-state index contributed by atoms with van der Waals surface area (Å²) in [5.74, 6) is 0.925. The van der Waals surface area contributed by atoms with E-state index in [9.17, 15) is 0 Å². The van der Waals surface area contributed by atoms with Crippen LogP contribution in [0.4, 0.5) is 5.82 Å². The number of pyridine rings is 1. The summed E-state index contributed by atoms with van der Waals surface area (Å²) in [4.78, 5) is 4.38. The number of anilines is 1. The van der Waals surface area contributed by atoms with Crippen LogP contribution in [-0.4, -0.2) is 4.98 Å². The lowest BCUT2D eigenvalue weighted by molar-refractivity contribution is 1.12. The molecular weight excluding hydrogens is 264 g/mol. The Hall–Kier alpha value is -1.58. The summed E-state index contributed by atoms with van der Waals surface area (Å²) in [6, 6.07) is 12.0. The van der Waals surface area contributed by atoms with Gasteiger partial charge in [0.25, 0.3) is 0 Å². The third-order valence-electron chi connectivity index (χ3n) is 2.73. The minimum absolute atomic E-state index is 0.725. The Balaban J connectivity index is 1.83. The first-order chi connectivity index (χ1) is 8.83. The molecule has 1 N–H and O–H groups in total. The highest BCUT2D eigenvalue weighted by molar-refractivity contribution is 7.17. The van der Waals surface area contributed by atoms with Crippen LogP contribution < -0.4 is 5.32 Å². The Bertz CT molecular complexity index is 678. The van der Waals surface area contributed by atoms with Crippen LogP contribution in [0, 0.1) is 0 Å². The highest BCUT2D eigenvalue weighted by atomic mass is 35.5. The molecular formula is C14H11ClN2S. The van der Waals surface area contributed by atoms with Crippen LogP contribution >= 0.6 is 22.9 Å². The number of rotatable bonds is 3. The molecule has 3 aromatic rings. The van der Waals surface area contributed by atoms with Crippen molar-refractivity contribution in [2.24, 2.45) is 0 Å². The van der Waals surface area contributed by atoms with E-state index < -0.39 is 0 Å². The number of thiophene rings is 1. The normalized spacial score (nSPS) is 10.7. The molecule has 0 saturated heterocycles. The van der Waals surface area contributed by atoms with E-state index in [2.05, 4.69) is 21.7 Å². The van der Waals surface area contributed by atoms with E-state index in [4.69, 9.17) is 11.6 Å². The number of fused-ring (bicyclic) bond motifs is 1. The van der Waals surface area contributed by atoms with E-state index in [-0.39, 0.29) is 0 Å². The van der Waals surface area contributed by atoms with Gasteiger partial charge in [0.1, 0.15) is 5.82 Å². The summed E-state index contributed by atoms with van der Waals surface area (Å²) in [6.45, 7) is 0.725. The van der Waals surface area contributed by atoms with Crippen molar-refractivity contribution in [2.75, 3.05) is 5.32 Å². The predicted octanol–water partition coefficient (Wildman–Crippen LogP) is 4.56. The van der Waals surface area contributed by atoms with Gasteiger partial charge >= 0.3 is 0 Å². The summed E-state index contributed by atoms with van der Waals surface area (Å²) >= 11 is 7.69. The van der Waals surface area contributed by atoms with Crippen molar-refractivity contribution in [3.8, 4) is 0 Å². The smallest absolute Gasteiger partial charge is 0.134 e. The molecule has 2 nitrogen and oxygen atoms in total. The summed E-state index contributed by atoms with van der Waals surface area (Å²) in [7, 11) is 0. The highest BCUT2D eigenvalue weighted by Gasteiger charge is 2.03. The Kier molecular flexibility index (Phi) is 3.17. The lowest BCUT2D eigenvalue weighted by Crippen LogP contribution is -2.01. The molecule has 0 spiro atoms. The molecule has 2 heterocycles. The maximum absolute atomic E-state index is 5.96. The standard InChI is InChI=1S/C14H11ClN2S/c15-11-3-1-2-10(8-11)9-17-14-12-5-7-18-13(12)4-6-16-14/h1-8H,9H2,(H,16,17). The first-order valence-corrected chi connectivity index (χ1v) is 6.89. The van der Waals surface area contributed by atoms with Crippen LogP contribution in [0.1, 0.15) is 5.56 Å². The SMILES string of the molecule is Clc1cccc(CNc2nccc3sccc23)c1. The monoisotopic (exact) mass is 274 g/mol. The van der Waals surface area contributed by atoms with Crippen LogP contribution in [0.2, 0.25) is 5.02 Å². The van der Waals surface area contributed by atoms with Crippen molar-refractivity contribution in [1.29, 1.82) is 0 Å². The molecule has 1 aromatic carbocycles. The molecule has 0 amide bonds. The summed E-state index contributed by atoms with van der Waals surface area (Å²) < 4.78 is 1.25. The van der Waals surface area contributed by atoms with Crippen molar-refractivity contribution < 1.29 is 0 Å². The van der Waals surface area contributed by atoms with Gasteiger partial charge in [-0.3, -0.25) is 0 Å². The largest absolute Gasteiger partial charge is 0.365 e. The number of nitrogens with one attached hydrogen (secondary N) is 1. The molecule has 0 atom stereocenters. The molecule has 90 valence electrons. The number of hydrogen-bond donors (Lipinski definition) is 1. The van der Waals surface area contributed by atoms with Gasteiger partial charge in [0.05, 0.1) is 0 Å². The fourth-order valence-corrected chi connectivity index (χ4v) is 2.86. The molecule has 0 bridgehead atoms. The van der Waals surface area contributed by atoms with Gasteiger partial charge in [-0.05, 0) is 35.2 Å². The molecule has 18 heavy (non-hydrogen) atoms. The van der Waals surface area contributed by atoms with Crippen molar-refractivity contribution in [2.45, 2.75) is 6.54 Å². The summed E-state index contributed by atoms with van der Waals surface area (Å²) in [5.41, 5.74) is 1.15. The Morgan fingerprint density at radius 2 is 2.17 bits per heavy atom. The highest BCUT2D eigenvalue weighted by Crippen LogP contribution is 2.26. The zero-order valence-corrected chi connectivity index (χ0v) is 11.1. The molecule has 0 aliphatic carbocycles. The van der Waals surface area contributed by atoms with Crippen molar-refractivity contribution in [3.63, 3.8) is 0 Å². The van der Waals surface area contributed by atoms with Gasteiger partial charge in [0, 0.05) is 27.9 Å². The summed E-state index contributed by atoms with van der Waals surface area (Å²) in [6.07, 6.45) is 1.83. The van der Waals surface area contributed by atoms with E-state index in [1.165, 1.54) is 10.1 Å². The number of aromatic nitrogens is 1. The molecule has 4 heteroatoms. The van der Waals surface area contributed by atoms with Crippen LogP contribution in [0.25, 0.3) is 10.1 Å². The second-order valence-electron chi connectivity index (χ2n) is 3.98. The maximum Gasteiger partial charge on any atom is 0.134 e. The lowest BCUT2D eigenvalue weighted by atomic mass is 10.2. The Morgan fingerprint density at radius 1 is 1.22 bits per heavy atom. The number of halogens is 1. The Labute approximate surface area is 114 Å². The topological polar surface area (TPSA) is 24.9 Å². The van der Waals surface area contributed by atoms with Gasteiger partial charge in [-0.25, -0.2) is 4.98 Å². The van der Waals surface area contributed by atoms with Crippen LogP contribution in [0.5, 0.6) is 0 Å². The van der Waals surface area contributed by atoms with Crippen molar-refractivity contribution in [1.82, 2.24) is 4.98 Å². The quantitative estimate of drug-likeness (QED) is 0.757. The molecule has 0 aliphatic rings. The zero-order chi connectivity index (χ0) is 12.4. The van der Waals surface area contributed by atoms with Gasteiger partial charge in [0.15, 0.2) is 0 Å². The van der Waals surface area contributed by atoms with Gasteiger partial charge < -0.3 is 5.32 Å². The van der Waals surface area contributed by atoms with E-state index in [0.717, 1.165) is 22.9 Å². The second-order valence-corrected chi connectivity index (χ2v) is 5.36. The van der Waals surface area contributed by atoms with Gasteiger partial charge in [-0.2, -0.15) is 0 Å². The fourth-order valence-electron chi connectivity index (χ4n) is 1.87. The third-order valence-corrected chi connectivity index (χ3v) is 3.85. The minimum atomic E-state index is 0.725. The molecule has 0 saturated carbocycles. The molecule has 3 rings (SSSR count). The molecule has 0 unspecified atom stereocenters. The molecule has 2 aromatic heterocycles. The average Bonchev–Trinajstić information content (AvgIpc) is 2.85. The number of benzene rings is 1. The second kappa shape index (κ2) is 4.96. The van der Waals surface area contributed by atoms with Gasteiger partial charge in [-0.15, -0.1) is 11.3 Å². The number of hydrogen-bond acceptors (Lipinski definition) is 3. The molecule has 0 radical (unpaired) electrons. The molecule has 0 fully saturated rings.